The number of hydrogen-bond acceptors (Lipinski definition) is 7. The van der Waals surface area contributed by atoms with Gasteiger partial charge in [-0.3, -0.25) is 24.0 Å². The van der Waals surface area contributed by atoms with E-state index < -0.39 is 60.2 Å². The summed E-state index contributed by atoms with van der Waals surface area (Å²) in [6.07, 6.45) is -0.345. The van der Waals surface area contributed by atoms with E-state index in [0.717, 1.165) is 0 Å². The van der Waals surface area contributed by atoms with Crippen LogP contribution >= 0.6 is 0 Å². The molecule has 10 N–H and O–H groups in total. The molecule has 0 rings (SSSR count). The monoisotopic (exact) mass is 444 g/mol. The van der Waals surface area contributed by atoms with E-state index in [1.807, 2.05) is 0 Å². The van der Waals surface area contributed by atoms with Crippen molar-refractivity contribution in [3.8, 4) is 0 Å². The zero-order chi connectivity index (χ0) is 24.1. The summed E-state index contributed by atoms with van der Waals surface area (Å²) in [6.45, 7) is 3.05. The van der Waals surface area contributed by atoms with Crippen molar-refractivity contribution in [1.29, 1.82) is 0 Å². The summed E-state index contributed by atoms with van der Waals surface area (Å²) in [5.41, 5.74) is 15.7. The van der Waals surface area contributed by atoms with Crippen molar-refractivity contribution in [1.82, 2.24) is 16.0 Å². The van der Waals surface area contributed by atoms with Crippen LogP contribution in [-0.2, 0) is 28.8 Å². The summed E-state index contributed by atoms with van der Waals surface area (Å²) in [7, 11) is 0. The third kappa shape index (κ3) is 12.8. The number of carboxylic acids is 1. The van der Waals surface area contributed by atoms with Crippen molar-refractivity contribution in [3.05, 3.63) is 0 Å². The summed E-state index contributed by atoms with van der Waals surface area (Å²) in [5.74, 6) is -4.82. The zero-order valence-electron chi connectivity index (χ0n) is 17.7. The molecule has 5 amide bonds. The summed E-state index contributed by atoms with van der Waals surface area (Å²) in [4.78, 5) is 69.6. The SMILES string of the molecule is CC(C)CC(NC(=O)CNC(=O)C(CCC(N)=O)NC(=O)C(N)CCC(N)=O)C(=O)O. The molecule has 0 aromatic heterocycles. The fourth-order valence-corrected chi connectivity index (χ4v) is 2.49. The number of carboxylic acid groups (broad SMARTS) is 1. The number of carbonyl (C=O) groups is 6. The van der Waals surface area contributed by atoms with Gasteiger partial charge in [-0.25, -0.2) is 4.79 Å². The second kappa shape index (κ2) is 13.9. The number of carbonyl (C=O) groups excluding carboxylic acids is 5. The number of primary amides is 2. The van der Waals surface area contributed by atoms with Crippen LogP contribution in [0.2, 0.25) is 0 Å². The first-order chi connectivity index (χ1) is 14.3. The maximum atomic E-state index is 12.4. The third-order valence-electron chi connectivity index (χ3n) is 4.11. The Labute approximate surface area is 179 Å². The van der Waals surface area contributed by atoms with Crippen LogP contribution in [-0.4, -0.2) is 65.3 Å². The largest absolute Gasteiger partial charge is 0.480 e. The van der Waals surface area contributed by atoms with Crippen LogP contribution < -0.4 is 33.2 Å². The molecule has 0 saturated heterocycles. The zero-order valence-corrected chi connectivity index (χ0v) is 17.7. The average molecular weight is 444 g/mol. The quantitative estimate of drug-likeness (QED) is 0.137. The molecule has 0 saturated carbocycles. The Kier molecular flexibility index (Phi) is 12.5. The van der Waals surface area contributed by atoms with Crippen LogP contribution in [0.1, 0.15) is 46.0 Å². The molecular formula is C18H32N6O7. The van der Waals surface area contributed by atoms with E-state index >= 15 is 0 Å². The second-order valence-corrected chi connectivity index (χ2v) is 7.48. The van der Waals surface area contributed by atoms with Gasteiger partial charge in [-0.2, -0.15) is 0 Å². The molecule has 0 fully saturated rings. The Hall–Kier alpha value is -3.22. The van der Waals surface area contributed by atoms with Gasteiger partial charge in [0.05, 0.1) is 12.6 Å². The van der Waals surface area contributed by atoms with E-state index in [9.17, 15) is 28.8 Å². The molecular weight excluding hydrogens is 412 g/mol. The number of nitrogens with two attached hydrogens (primary N) is 3. The lowest BCUT2D eigenvalue weighted by Crippen LogP contribution is -2.53. The minimum atomic E-state index is -1.22. The summed E-state index contributed by atoms with van der Waals surface area (Å²) >= 11 is 0. The Morgan fingerprint density at radius 3 is 1.87 bits per heavy atom. The average Bonchev–Trinajstić information content (AvgIpc) is 2.65. The molecule has 13 heteroatoms. The predicted octanol–water partition coefficient (Wildman–Crippen LogP) is -2.94. The summed E-state index contributed by atoms with van der Waals surface area (Å²) in [5, 5.41) is 16.1. The van der Waals surface area contributed by atoms with Crippen LogP contribution in [0.15, 0.2) is 0 Å². The van der Waals surface area contributed by atoms with Crippen molar-refractivity contribution < 1.29 is 33.9 Å². The normalized spacial score (nSPS) is 13.5. The van der Waals surface area contributed by atoms with Gasteiger partial charge in [0.2, 0.25) is 29.5 Å². The van der Waals surface area contributed by atoms with E-state index in [2.05, 4.69) is 16.0 Å². The fourth-order valence-electron chi connectivity index (χ4n) is 2.49. The molecule has 0 heterocycles. The maximum Gasteiger partial charge on any atom is 0.326 e. The van der Waals surface area contributed by atoms with Gasteiger partial charge >= 0.3 is 5.97 Å². The van der Waals surface area contributed by atoms with Gasteiger partial charge in [0.25, 0.3) is 0 Å². The van der Waals surface area contributed by atoms with Crippen LogP contribution in [0.4, 0.5) is 0 Å². The highest BCUT2D eigenvalue weighted by molar-refractivity contribution is 5.93. The van der Waals surface area contributed by atoms with Crippen LogP contribution in [0.3, 0.4) is 0 Å². The summed E-state index contributed by atoms with van der Waals surface area (Å²) < 4.78 is 0. The predicted molar refractivity (Wildman–Crippen MR) is 109 cm³/mol. The van der Waals surface area contributed by atoms with Gasteiger partial charge in [-0.05, 0) is 25.2 Å². The Balaban J connectivity index is 4.91. The lowest BCUT2D eigenvalue weighted by molar-refractivity contribution is -0.142. The first-order valence-corrected chi connectivity index (χ1v) is 9.75. The number of nitrogens with one attached hydrogen (secondary N) is 3. The molecule has 0 bridgehead atoms. The number of rotatable bonds is 15. The molecule has 13 nitrogen and oxygen atoms in total. The molecule has 3 unspecified atom stereocenters. The molecule has 0 aliphatic rings. The topological polar surface area (TPSA) is 237 Å². The third-order valence-corrected chi connectivity index (χ3v) is 4.11. The highest BCUT2D eigenvalue weighted by Gasteiger charge is 2.26. The first kappa shape index (κ1) is 27.8. The van der Waals surface area contributed by atoms with E-state index in [0.29, 0.717) is 0 Å². The van der Waals surface area contributed by atoms with Crippen molar-refractivity contribution >= 4 is 35.5 Å². The molecule has 0 aromatic carbocycles. The minimum absolute atomic E-state index is 0.0168. The van der Waals surface area contributed by atoms with Crippen molar-refractivity contribution in [2.45, 2.75) is 64.1 Å². The van der Waals surface area contributed by atoms with Crippen LogP contribution in [0.25, 0.3) is 0 Å². The second-order valence-electron chi connectivity index (χ2n) is 7.48. The van der Waals surface area contributed by atoms with Gasteiger partial charge < -0.3 is 38.3 Å². The van der Waals surface area contributed by atoms with Crippen molar-refractivity contribution in [3.63, 3.8) is 0 Å². The molecule has 0 aliphatic heterocycles. The number of aliphatic carboxylic acids is 1. The van der Waals surface area contributed by atoms with E-state index in [-0.39, 0.29) is 38.0 Å². The molecule has 31 heavy (non-hydrogen) atoms. The fraction of sp³-hybridized carbons (Fsp3) is 0.667. The van der Waals surface area contributed by atoms with Crippen LogP contribution in [0.5, 0.6) is 0 Å². The molecule has 176 valence electrons. The van der Waals surface area contributed by atoms with Gasteiger partial charge in [0.1, 0.15) is 12.1 Å². The summed E-state index contributed by atoms with van der Waals surface area (Å²) in [6, 6.07) is -3.46. The van der Waals surface area contributed by atoms with Gasteiger partial charge in [-0.15, -0.1) is 0 Å². The highest BCUT2D eigenvalue weighted by atomic mass is 16.4. The molecule has 0 aromatic rings. The Morgan fingerprint density at radius 1 is 0.839 bits per heavy atom. The Bertz CT molecular complexity index is 682. The minimum Gasteiger partial charge on any atom is -0.480 e. The highest BCUT2D eigenvalue weighted by Crippen LogP contribution is 2.05. The van der Waals surface area contributed by atoms with Gasteiger partial charge in [0.15, 0.2) is 0 Å². The van der Waals surface area contributed by atoms with Crippen LogP contribution in [0, 0.1) is 5.92 Å². The van der Waals surface area contributed by atoms with E-state index in [1.54, 1.807) is 13.8 Å². The number of amides is 5. The van der Waals surface area contributed by atoms with Gasteiger partial charge in [0, 0.05) is 12.8 Å². The van der Waals surface area contributed by atoms with E-state index in [1.165, 1.54) is 0 Å². The lowest BCUT2D eigenvalue weighted by atomic mass is 10.0. The Morgan fingerprint density at radius 2 is 1.39 bits per heavy atom. The molecule has 0 spiro atoms. The lowest BCUT2D eigenvalue weighted by Gasteiger charge is -2.21. The van der Waals surface area contributed by atoms with Crippen molar-refractivity contribution in [2.75, 3.05) is 6.54 Å². The molecule has 0 aliphatic carbocycles. The maximum absolute atomic E-state index is 12.4. The molecule has 3 atom stereocenters. The molecule has 0 radical (unpaired) electrons. The smallest absolute Gasteiger partial charge is 0.326 e. The number of hydrogen-bond donors (Lipinski definition) is 7. The van der Waals surface area contributed by atoms with Crippen molar-refractivity contribution in [2.24, 2.45) is 23.1 Å². The first-order valence-electron chi connectivity index (χ1n) is 9.75. The van der Waals surface area contributed by atoms with Gasteiger partial charge in [-0.1, -0.05) is 13.8 Å². The standard InChI is InChI=1S/C18H32N6O7/c1-9(2)7-12(18(30)31)23-15(27)8-22-17(29)11(4-6-14(21)26)24-16(28)10(19)3-5-13(20)25/h9-12H,3-8,19H2,1-2H3,(H2,20,25)(H2,21,26)(H,22,29)(H,23,27)(H,24,28)(H,30,31). The van der Waals surface area contributed by atoms with E-state index in [4.69, 9.17) is 22.3 Å².